The van der Waals surface area contributed by atoms with Crippen LogP contribution < -0.4 is 10.6 Å². The van der Waals surface area contributed by atoms with Gasteiger partial charge in [0.2, 0.25) is 11.8 Å². The van der Waals surface area contributed by atoms with Crippen molar-refractivity contribution in [1.29, 1.82) is 0 Å². The molecule has 0 unspecified atom stereocenters. The van der Waals surface area contributed by atoms with Gasteiger partial charge < -0.3 is 0 Å². The van der Waals surface area contributed by atoms with Gasteiger partial charge in [0.05, 0.1) is 10.8 Å². The van der Waals surface area contributed by atoms with Crippen molar-refractivity contribution in [1.82, 2.24) is 10.6 Å². The van der Waals surface area contributed by atoms with E-state index in [4.69, 9.17) is 0 Å². The number of barbiturate groups is 1. The van der Waals surface area contributed by atoms with Crippen LogP contribution in [0.5, 0.6) is 0 Å². The normalized spacial score (nSPS) is 21.4. The van der Waals surface area contributed by atoms with Crippen LogP contribution in [0.4, 0.5) is 4.79 Å². The highest BCUT2D eigenvalue weighted by molar-refractivity contribution is 6.82. The van der Waals surface area contributed by atoms with Crippen LogP contribution in [0.15, 0.2) is 0 Å². The summed E-state index contributed by atoms with van der Waals surface area (Å²) in [5.41, 5.74) is 1.39. The zero-order valence-electron chi connectivity index (χ0n) is 34.2. The van der Waals surface area contributed by atoms with Gasteiger partial charge in [-0.25, -0.2) is 4.79 Å². The number of urea groups is 1. The molecule has 0 atom stereocenters. The first kappa shape index (κ1) is 24.7. The average Bonchev–Trinajstić information content (AvgIpc) is 4.31. The maximum absolute atomic E-state index is 16.3. The molecule has 0 bridgehead atoms. The van der Waals surface area contributed by atoms with Gasteiger partial charge in [0.25, 0.3) is 0 Å². The zero-order valence-corrected chi connectivity index (χ0v) is 34.2. The van der Waals surface area contributed by atoms with Crippen molar-refractivity contribution in [3.63, 3.8) is 0 Å². The highest BCUT2D eigenvalue weighted by Gasteiger charge is 3.00. The number of carbonyl (C=O) groups is 3. The minimum atomic E-state index is -1.60. The lowest BCUT2D eigenvalue weighted by Crippen LogP contribution is -2.60. The van der Waals surface area contributed by atoms with Crippen LogP contribution in [0.3, 0.4) is 0 Å². The summed E-state index contributed by atoms with van der Waals surface area (Å²) in [5, 5.41) is 85.2. The summed E-state index contributed by atoms with van der Waals surface area (Å²) in [6.07, 6.45) is 0. The lowest BCUT2D eigenvalue weighted by atomic mass is 9.68. The summed E-state index contributed by atoms with van der Waals surface area (Å²) >= 11 is 0. The molecular formula is C64H2N2O3. The second-order valence-corrected chi connectivity index (χ2v) is 25.2. The number of imide groups is 2. The van der Waals surface area contributed by atoms with E-state index >= 15 is 9.59 Å². The minimum Gasteiger partial charge on any atom is -0.277 e. The Kier molecular flexibility index (Phi) is 1.90. The Labute approximate surface area is 370 Å². The Morgan fingerprint density at radius 2 is 0.275 bits per heavy atom. The molecule has 4 amide bonds. The minimum absolute atomic E-state index is 0.397. The van der Waals surface area contributed by atoms with Gasteiger partial charge in [-0.2, -0.15) is 0 Å². The van der Waals surface area contributed by atoms with Gasteiger partial charge in [-0.15, -0.1) is 0 Å². The Morgan fingerprint density at radius 3 is 0.406 bits per heavy atom. The van der Waals surface area contributed by atoms with Crippen molar-refractivity contribution in [2.75, 3.05) is 0 Å². The molecule has 34 rings (SSSR count). The first-order valence-corrected chi connectivity index (χ1v) is 25.1. The molecule has 0 radical (unpaired) electrons. The monoisotopic (exact) mass is 846 g/mol. The van der Waals surface area contributed by atoms with Crippen LogP contribution in [0.25, 0.3) is 291 Å². The Morgan fingerprint density at radius 1 is 0.159 bits per heavy atom. The van der Waals surface area contributed by atoms with Crippen LogP contribution in [0.2, 0.25) is 0 Å². The van der Waals surface area contributed by atoms with Gasteiger partial charge in [-0.3, -0.25) is 20.2 Å². The largest absolute Gasteiger partial charge is 0.328 e. The molecule has 1 saturated carbocycles. The van der Waals surface area contributed by atoms with Crippen molar-refractivity contribution >= 4 is 309 Å². The van der Waals surface area contributed by atoms with Gasteiger partial charge in [0.1, 0.15) is 0 Å². The number of nitrogens with one attached hydrogen (secondary N) is 2. The number of hydrogen-bond acceptors (Lipinski definition) is 3. The quantitative estimate of drug-likeness (QED) is 0.118. The fourth-order valence-electron chi connectivity index (χ4n) is 25.8. The van der Waals surface area contributed by atoms with E-state index in [9.17, 15) is 4.79 Å². The maximum Gasteiger partial charge on any atom is 0.328 e. The average molecular weight is 847 g/mol. The maximum atomic E-state index is 16.3. The third kappa shape index (κ3) is 1.20. The second kappa shape index (κ2) is 5.29. The van der Waals surface area contributed by atoms with E-state index in [0.29, 0.717) is 0 Å². The molecule has 5 aliphatic carbocycles. The summed E-state index contributed by atoms with van der Waals surface area (Å²) in [6, 6.07) is -0.691. The molecule has 1 aliphatic heterocycles. The first-order valence-electron chi connectivity index (χ1n) is 25.1. The van der Waals surface area contributed by atoms with Crippen LogP contribution in [-0.4, -0.2) is 17.8 Å². The lowest BCUT2D eigenvalue weighted by Gasteiger charge is -2.32. The number of amides is 4. The van der Waals surface area contributed by atoms with Crippen LogP contribution >= 0.6 is 0 Å². The third-order valence-electron chi connectivity index (χ3n) is 25.5. The van der Waals surface area contributed by atoms with Gasteiger partial charge >= 0.3 is 6.03 Å². The van der Waals surface area contributed by atoms with Gasteiger partial charge in [-0.05, 0) is 313 Å². The smallest absolute Gasteiger partial charge is 0.277 e. The second-order valence-electron chi connectivity index (χ2n) is 25.2. The first-order chi connectivity index (χ1) is 34.2. The van der Waals surface area contributed by atoms with E-state index in [1.165, 1.54) is 259 Å². The molecule has 69 heavy (non-hydrogen) atoms. The molecule has 5 nitrogen and oxygen atoms in total. The molecule has 1 saturated heterocycles. The predicted molar refractivity (Wildman–Crippen MR) is 278 cm³/mol. The number of hydrogen-bond donors (Lipinski definition) is 2. The highest BCUT2D eigenvalue weighted by atomic mass is 16.2. The molecule has 1 heterocycles. The van der Waals surface area contributed by atoms with E-state index in [-0.39, 0.29) is 0 Å². The van der Waals surface area contributed by atoms with E-state index in [0.717, 1.165) is 0 Å². The van der Waals surface area contributed by atoms with Crippen molar-refractivity contribution < 1.29 is 14.4 Å². The van der Waals surface area contributed by atoms with Crippen molar-refractivity contribution in [3.05, 3.63) is 22.3 Å². The fourth-order valence-corrected chi connectivity index (χ4v) is 25.8. The van der Waals surface area contributed by atoms with Crippen LogP contribution in [0, 0.1) is 5.41 Å². The molecule has 5 heteroatoms. The Balaban J connectivity index is 1.21. The van der Waals surface area contributed by atoms with E-state index in [1.807, 2.05) is 0 Å². The molecule has 6 aliphatic rings. The van der Waals surface area contributed by atoms with Gasteiger partial charge in [0, 0.05) is 0 Å². The molecular weight excluding hydrogens is 845 g/mol. The molecule has 286 valence electrons. The summed E-state index contributed by atoms with van der Waals surface area (Å²) < 4.78 is 0. The van der Waals surface area contributed by atoms with E-state index < -0.39 is 34.1 Å². The van der Waals surface area contributed by atoms with Gasteiger partial charge in [-0.1, -0.05) is 0 Å². The Bertz CT molecular complexity index is 6800. The molecule has 28 aromatic carbocycles. The summed E-state index contributed by atoms with van der Waals surface area (Å²) in [6.45, 7) is 0. The number of carbonyl (C=O) groups excluding carboxylic acids is 3. The topological polar surface area (TPSA) is 75.3 Å². The predicted octanol–water partition coefficient (Wildman–Crippen LogP) is 14.7. The third-order valence-corrected chi connectivity index (χ3v) is 25.5. The van der Waals surface area contributed by atoms with Crippen molar-refractivity contribution in [2.24, 2.45) is 5.41 Å². The number of benzene rings is 18. The van der Waals surface area contributed by atoms with E-state index in [2.05, 4.69) is 10.6 Å². The SMILES string of the molecule is O=C1NC(=O)C2(C(=O)N1)C13c4c5c6c7c8c9c(c%10c%11c1c1c4c4c%12c5c5c6c6c8c8c%13c9c9c%10c%10c%11c%11c1c1c4c4c%12c%12c5c5c6c8c6c8c%13c9c9c%10c%10c%11c1c1c4c4c%12c5c6c5c8c9c%10c1c45)C723. The van der Waals surface area contributed by atoms with Crippen LogP contribution in [0.1, 0.15) is 22.3 Å². The highest BCUT2D eigenvalue weighted by Crippen LogP contribution is 2.96. The van der Waals surface area contributed by atoms with Crippen molar-refractivity contribution in [2.45, 2.75) is 10.8 Å². The molecule has 2 N–H and O–H groups in total. The van der Waals surface area contributed by atoms with Crippen LogP contribution in [-0.2, 0) is 20.4 Å². The molecule has 0 aromatic heterocycles. The summed E-state index contributed by atoms with van der Waals surface area (Å²) in [4.78, 5) is 46.3. The van der Waals surface area contributed by atoms with Gasteiger partial charge in [0.15, 0.2) is 5.41 Å². The lowest BCUT2D eigenvalue weighted by molar-refractivity contribution is -0.139. The summed E-state index contributed by atoms with van der Waals surface area (Å²) in [7, 11) is 0. The molecule has 28 aromatic rings. The number of rotatable bonds is 0. The van der Waals surface area contributed by atoms with E-state index in [1.54, 1.807) is 53.9 Å². The van der Waals surface area contributed by atoms with Crippen molar-refractivity contribution in [3.8, 4) is 0 Å². The standard InChI is InChI=1S/C64H2N2O3/c67-59-64(60(68)66-61(69)65-59)62-55-47-39-29-19-11-3-1-2-5-9-7(3)15-23-17(9)27-21-13(5)14-6(2)10-8-4(1)12(11)20-26-16(8)24-18(10)28-22(14)32-31(21)41-35(27)45-37(23)43(33(39)25(15)19)51(55)53(45)57-49(41)50-42(32)36(28)46-38(24)44-34(26)40(30(20)29)48(47)56(62)52(44)54(46)58(50)63(57,62)64/h(H2,65,66,67,68,69). The Hall–Kier alpha value is -8.93. The molecule has 3 spiro atoms. The zero-order chi connectivity index (χ0) is 41.1. The molecule has 2 fully saturated rings. The fraction of sp³-hybridized carbons (Fsp3) is 0.0469. The summed E-state index contributed by atoms with van der Waals surface area (Å²) in [5.74, 6) is -0.794.